The van der Waals surface area contributed by atoms with E-state index in [4.69, 9.17) is 27.6 Å². The Hall–Kier alpha value is -2.17. The third-order valence-corrected chi connectivity index (χ3v) is 3.77. The molecule has 0 atom stereocenters. The molecule has 0 saturated heterocycles. The molecule has 2 N–H and O–H groups in total. The van der Waals surface area contributed by atoms with Gasteiger partial charge < -0.3 is 14.6 Å². The first kappa shape index (κ1) is 13.8. The summed E-state index contributed by atoms with van der Waals surface area (Å²) in [6.45, 7) is 0. The summed E-state index contributed by atoms with van der Waals surface area (Å²) >= 11 is 11.8. The van der Waals surface area contributed by atoms with E-state index >= 15 is 0 Å². The fourth-order valence-electron chi connectivity index (χ4n) is 2.01. The summed E-state index contributed by atoms with van der Waals surface area (Å²) in [6.07, 6.45) is 0. The quantitative estimate of drug-likeness (QED) is 0.705. The summed E-state index contributed by atoms with van der Waals surface area (Å²) < 4.78 is 5.52. The Labute approximate surface area is 128 Å². The molecule has 1 heterocycles. The van der Waals surface area contributed by atoms with E-state index in [0.717, 1.165) is 0 Å². The monoisotopic (exact) mass is 322 g/mol. The van der Waals surface area contributed by atoms with Crippen molar-refractivity contribution in [2.24, 2.45) is 0 Å². The highest BCUT2D eigenvalue weighted by Crippen LogP contribution is 2.34. The van der Waals surface area contributed by atoms with Crippen molar-refractivity contribution in [2.45, 2.75) is 0 Å². The maximum atomic E-state index is 12.1. The standard InChI is InChI=1S/C15H8Cl2O4/c16-10-4-1-7(5-11(10)17)15-14(20)13(19)9-3-2-8(18)6-12(9)21-15/h1-6,18,20H. The van der Waals surface area contributed by atoms with E-state index in [1.807, 2.05) is 0 Å². The van der Waals surface area contributed by atoms with Crippen LogP contribution in [0.25, 0.3) is 22.3 Å². The van der Waals surface area contributed by atoms with Crippen molar-refractivity contribution in [3.63, 3.8) is 0 Å². The first-order valence-electron chi connectivity index (χ1n) is 5.91. The van der Waals surface area contributed by atoms with Crippen LogP contribution in [0, 0.1) is 0 Å². The van der Waals surface area contributed by atoms with Gasteiger partial charge in [0.1, 0.15) is 11.3 Å². The number of rotatable bonds is 1. The van der Waals surface area contributed by atoms with Crippen LogP contribution in [0.1, 0.15) is 0 Å². The second-order valence-electron chi connectivity index (χ2n) is 4.42. The van der Waals surface area contributed by atoms with Gasteiger partial charge in [0, 0.05) is 11.6 Å². The lowest BCUT2D eigenvalue weighted by Gasteiger charge is -2.07. The van der Waals surface area contributed by atoms with Gasteiger partial charge in [-0.3, -0.25) is 4.79 Å². The molecule has 0 aliphatic carbocycles. The van der Waals surface area contributed by atoms with Crippen molar-refractivity contribution in [3.8, 4) is 22.8 Å². The maximum Gasteiger partial charge on any atom is 0.235 e. The molecular formula is C15H8Cl2O4. The van der Waals surface area contributed by atoms with Gasteiger partial charge >= 0.3 is 0 Å². The van der Waals surface area contributed by atoms with Crippen molar-refractivity contribution in [3.05, 3.63) is 56.7 Å². The molecule has 0 radical (unpaired) electrons. The Morgan fingerprint density at radius 1 is 0.952 bits per heavy atom. The van der Waals surface area contributed by atoms with Crippen LogP contribution in [0.2, 0.25) is 10.0 Å². The predicted molar refractivity (Wildman–Crippen MR) is 81.3 cm³/mol. The van der Waals surface area contributed by atoms with Crippen LogP contribution in [-0.2, 0) is 0 Å². The fourth-order valence-corrected chi connectivity index (χ4v) is 2.30. The Morgan fingerprint density at radius 3 is 2.43 bits per heavy atom. The zero-order valence-electron chi connectivity index (χ0n) is 10.4. The van der Waals surface area contributed by atoms with Gasteiger partial charge in [0.2, 0.25) is 11.2 Å². The lowest BCUT2D eigenvalue weighted by molar-refractivity contribution is 0.447. The molecule has 0 aliphatic rings. The predicted octanol–water partition coefficient (Wildman–Crippen LogP) is 4.18. The Bertz CT molecular complexity index is 915. The maximum absolute atomic E-state index is 12.1. The molecule has 3 rings (SSSR count). The molecule has 4 nitrogen and oxygen atoms in total. The first-order valence-corrected chi connectivity index (χ1v) is 6.67. The van der Waals surface area contributed by atoms with Crippen molar-refractivity contribution in [1.82, 2.24) is 0 Å². The van der Waals surface area contributed by atoms with Crippen LogP contribution >= 0.6 is 23.2 Å². The molecule has 0 amide bonds. The molecule has 0 spiro atoms. The third-order valence-electron chi connectivity index (χ3n) is 3.03. The molecule has 0 unspecified atom stereocenters. The molecule has 0 bridgehead atoms. The Balaban J connectivity index is 2.34. The lowest BCUT2D eigenvalue weighted by Crippen LogP contribution is -2.02. The molecule has 2 aromatic carbocycles. The molecule has 1 aromatic heterocycles. The van der Waals surface area contributed by atoms with Gasteiger partial charge in [-0.05, 0) is 30.3 Å². The summed E-state index contributed by atoms with van der Waals surface area (Å²) in [5.41, 5.74) is -0.0135. The van der Waals surface area contributed by atoms with Gasteiger partial charge in [-0.2, -0.15) is 0 Å². The summed E-state index contributed by atoms with van der Waals surface area (Å²) in [5, 5.41) is 20.3. The third kappa shape index (κ3) is 2.33. The fraction of sp³-hybridized carbons (Fsp3) is 0. The number of hydrogen-bond donors (Lipinski definition) is 2. The molecule has 6 heteroatoms. The number of halogens is 2. The molecule has 106 valence electrons. The number of phenols is 1. The summed E-state index contributed by atoms with van der Waals surface area (Å²) in [7, 11) is 0. The molecule has 21 heavy (non-hydrogen) atoms. The van der Waals surface area contributed by atoms with Crippen molar-refractivity contribution >= 4 is 34.2 Å². The van der Waals surface area contributed by atoms with Gasteiger partial charge in [0.25, 0.3) is 0 Å². The largest absolute Gasteiger partial charge is 0.508 e. The number of hydrogen-bond acceptors (Lipinski definition) is 4. The zero-order chi connectivity index (χ0) is 15.1. The topological polar surface area (TPSA) is 70.7 Å². The second kappa shape index (κ2) is 4.98. The minimum Gasteiger partial charge on any atom is -0.508 e. The second-order valence-corrected chi connectivity index (χ2v) is 5.23. The first-order chi connectivity index (χ1) is 9.97. The molecular weight excluding hydrogens is 315 g/mol. The Morgan fingerprint density at radius 2 is 1.71 bits per heavy atom. The van der Waals surface area contributed by atoms with E-state index in [-0.39, 0.29) is 27.5 Å². The summed E-state index contributed by atoms with van der Waals surface area (Å²) in [4.78, 5) is 12.1. The van der Waals surface area contributed by atoms with Crippen LogP contribution in [-0.4, -0.2) is 10.2 Å². The van der Waals surface area contributed by atoms with Crippen LogP contribution in [0.5, 0.6) is 11.5 Å². The van der Waals surface area contributed by atoms with Gasteiger partial charge in [-0.1, -0.05) is 23.2 Å². The van der Waals surface area contributed by atoms with Crippen molar-refractivity contribution in [1.29, 1.82) is 0 Å². The lowest BCUT2D eigenvalue weighted by atomic mass is 10.1. The van der Waals surface area contributed by atoms with Gasteiger partial charge in [-0.25, -0.2) is 0 Å². The van der Waals surface area contributed by atoms with Crippen LogP contribution in [0.15, 0.2) is 45.6 Å². The van der Waals surface area contributed by atoms with E-state index in [9.17, 15) is 15.0 Å². The van der Waals surface area contributed by atoms with Gasteiger partial charge in [0.15, 0.2) is 5.76 Å². The highest BCUT2D eigenvalue weighted by Gasteiger charge is 2.16. The van der Waals surface area contributed by atoms with Gasteiger partial charge in [-0.15, -0.1) is 0 Å². The zero-order valence-corrected chi connectivity index (χ0v) is 11.9. The van der Waals surface area contributed by atoms with E-state index in [0.29, 0.717) is 10.6 Å². The van der Waals surface area contributed by atoms with E-state index in [2.05, 4.69) is 0 Å². The number of phenolic OH excluding ortho intramolecular Hbond substituents is 1. The van der Waals surface area contributed by atoms with E-state index in [1.54, 1.807) is 6.07 Å². The highest BCUT2D eigenvalue weighted by molar-refractivity contribution is 6.42. The molecule has 3 aromatic rings. The number of aromatic hydroxyl groups is 2. The molecule has 0 saturated carbocycles. The number of benzene rings is 2. The van der Waals surface area contributed by atoms with Crippen LogP contribution in [0.3, 0.4) is 0 Å². The average molecular weight is 323 g/mol. The minimum absolute atomic E-state index is 0.0309. The minimum atomic E-state index is -0.586. The van der Waals surface area contributed by atoms with E-state index < -0.39 is 11.2 Å². The van der Waals surface area contributed by atoms with E-state index in [1.165, 1.54) is 30.3 Å². The normalized spacial score (nSPS) is 11.0. The average Bonchev–Trinajstić information content (AvgIpc) is 2.45. The van der Waals surface area contributed by atoms with Gasteiger partial charge in [0.05, 0.1) is 15.4 Å². The smallest absolute Gasteiger partial charge is 0.235 e. The molecule has 0 aliphatic heterocycles. The van der Waals surface area contributed by atoms with Crippen LogP contribution in [0.4, 0.5) is 0 Å². The van der Waals surface area contributed by atoms with Crippen molar-refractivity contribution in [2.75, 3.05) is 0 Å². The van der Waals surface area contributed by atoms with Crippen LogP contribution < -0.4 is 5.43 Å². The van der Waals surface area contributed by atoms with Crippen molar-refractivity contribution < 1.29 is 14.6 Å². The highest BCUT2D eigenvalue weighted by atomic mass is 35.5. The number of fused-ring (bicyclic) bond motifs is 1. The molecule has 0 fully saturated rings. The Kier molecular flexibility index (Phi) is 3.27. The summed E-state index contributed by atoms with van der Waals surface area (Å²) in [6, 6.07) is 8.62. The summed E-state index contributed by atoms with van der Waals surface area (Å²) in [5.74, 6) is -0.598. The SMILES string of the molecule is O=c1c(O)c(-c2ccc(Cl)c(Cl)c2)oc2cc(O)ccc12.